The van der Waals surface area contributed by atoms with Crippen molar-refractivity contribution in [1.29, 1.82) is 0 Å². The van der Waals surface area contributed by atoms with E-state index >= 15 is 0 Å². The van der Waals surface area contributed by atoms with E-state index in [1.165, 1.54) is 11.3 Å². The second-order valence-electron chi connectivity index (χ2n) is 6.56. The van der Waals surface area contributed by atoms with Crippen molar-refractivity contribution in [1.82, 2.24) is 0 Å². The van der Waals surface area contributed by atoms with Gasteiger partial charge < -0.3 is 9.74 Å². The van der Waals surface area contributed by atoms with Crippen LogP contribution in [0.2, 0.25) is 0 Å². The van der Waals surface area contributed by atoms with Gasteiger partial charge in [-0.15, -0.1) is 0 Å². The van der Waals surface area contributed by atoms with Gasteiger partial charge in [0, 0.05) is 18.8 Å². The molecule has 0 aliphatic carbocycles. The fourth-order valence-electron chi connectivity index (χ4n) is 2.67. The summed E-state index contributed by atoms with van der Waals surface area (Å²) in [5.74, 6) is 5.77. The van der Waals surface area contributed by atoms with Crippen LogP contribution in [0.25, 0.3) is 0 Å². The van der Waals surface area contributed by atoms with Gasteiger partial charge in [-0.1, -0.05) is 32.9 Å². The minimum atomic E-state index is 0.226. The Hall–Kier alpha value is -1.06. The van der Waals surface area contributed by atoms with Crippen LogP contribution in [0.4, 0.5) is 5.69 Å². The number of nitrogens with zero attached hydrogens (tertiary/aromatic N) is 1. The normalized spacial score (nSPS) is 17.8. The first kappa shape index (κ1) is 14.4. The molecule has 0 saturated carbocycles. The second-order valence-corrected chi connectivity index (χ2v) is 6.56. The maximum atomic E-state index is 5.15. The Morgan fingerprint density at radius 2 is 1.74 bits per heavy atom. The van der Waals surface area contributed by atoms with E-state index in [-0.39, 0.29) is 5.41 Å². The fourth-order valence-corrected chi connectivity index (χ4v) is 2.67. The van der Waals surface area contributed by atoms with Crippen molar-refractivity contribution in [2.24, 2.45) is 11.8 Å². The zero-order valence-corrected chi connectivity index (χ0v) is 12.4. The molecular weight excluding hydrogens is 236 g/mol. The highest BCUT2D eigenvalue weighted by atomic mass is 16.6. The molecule has 2 N–H and O–H groups in total. The highest BCUT2D eigenvalue weighted by molar-refractivity contribution is 5.48. The molecule has 1 saturated heterocycles. The summed E-state index contributed by atoms with van der Waals surface area (Å²) < 4.78 is 0. The first-order chi connectivity index (χ1) is 9.00. The van der Waals surface area contributed by atoms with Gasteiger partial charge in [-0.25, -0.2) is 5.90 Å². The monoisotopic (exact) mass is 262 g/mol. The number of hydrogen-bond acceptors (Lipinski definition) is 3. The molecule has 1 aliphatic rings. The number of benzene rings is 1. The molecule has 0 bridgehead atoms. The molecule has 1 heterocycles. The SMILES string of the molecule is CC(C)(C)c1ccc(N2CCC(CON)CC2)cc1. The molecule has 0 spiro atoms. The van der Waals surface area contributed by atoms with Crippen LogP contribution in [0.1, 0.15) is 39.2 Å². The van der Waals surface area contributed by atoms with E-state index in [0.717, 1.165) is 25.9 Å². The first-order valence-corrected chi connectivity index (χ1v) is 7.18. The van der Waals surface area contributed by atoms with Crippen molar-refractivity contribution < 1.29 is 4.84 Å². The molecule has 3 nitrogen and oxygen atoms in total. The van der Waals surface area contributed by atoms with E-state index in [1.54, 1.807) is 0 Å². The van der Waals surface area contributed by atoms with Crippen LogP contribution in [-0.2, 0) is 10.3 Å². The highest BCUT2D eigenvalue weighted by Gasteiger charge is 2.20. The minimum Gasteiger partial charge on any atom is -0.372 e. The Kier molecular flexibility index (Phi) is 4.48. The van der Waals surface area contributed by atoms with E-state index in [9.17, 15) is 0 Å². The number of anilines is 1. The van der Waals surface area contributed by atoms with Gasteiger partial charge in [-0.3, -0.25) is 0 Å². The molecular formula is C16H26N2O. The lowest BCUT2D eigenvalue weighted by molar-refractivity contribution is 0.0918. The first-order valence-electron chi connectivity index (χ1n) is 7.18. The van der Waals surface area contributed by atoms with Crippen molar-refractivity contribution in [3.05, 3.63) is 29.8 Å². The average molecular weight is 262 g/mol. The Morgan fingerprint density at radius 3 is 2.21 bits per heavy atom. The van der Waals surface area contributed by atoms with Gasteiger partial charge in [0.05, 0.1) is 6.61 Å². The van der Waals surface area contributed by atoms with Gasteiger partial charge in [0.25, 0.3) is 0 Å². The van der Waals surface area contributed by atoms with Crippen molar-refractivity contribution >= 4 is 5.69 Å². The average Bonchev–Trinajstić information content (AvgIpc) is 2.39. The number of nitrogens with two attached hydrogens (primary N) is 1. The summed E-state index contributed by atoms with van der Waals surface area (Å²) in [6.07, 6.45) is 2.33. The van der Waals surface area contributed by atoms with Crippen LogP contribution in [0, 0.1) is 5.92 Å². The van der Waals surface area contributed by atoms with Crippen LogP contribution >= 0.6 is 0 Å². The molecule has 1 aliphatic heterocycles. The lowest BCUT2D eigenvalue weighted by Crippen LogP contribution is -2.35. The fraction of sp³-hybridized carbons (Fsp3) is 0.625. The van der Waals surface area contributed by atoms with Crippen molar-refractivity contribution in [3.63, 3.8) is 0 Å². The molecule has 3 heteroatoms. The summed E-state index contributed by atoms with van der Waals surface area (Å²) in [5.41, 5.74) is 2.95. The Morgan fingerprint density at radius 1 is 1.16 bits per heavy atom. The molecule has 1 aromatic rings. The van der Waals surface area contributed by atoms with Gasteiger partial charge in [-0.2, -0.15) is 0 Å². The smallest absolute Gasteiger partial charge is 0.0708 e. The van der Waals surface area contributed by atoms with E-state index in [2.05, 4.69) is 49.9 Å². The van der Waals surface area contributed by atoms with Gasteiger partial charge in [0.2, 0.25) is 0 Å². The lowest BCUT2D eigenvalue weighted by Gasteiger charge is -2.33. The van der Waals surface area contributed by atoms with Crippen LogP contribution in [0.5, 0.6) is 0 Å². The largest absolute Gasteiger partial charge is 0.372 e. The van der Waals surface area contributed by atoms with Crippen molar-refractivity contribution in [2.75, 3.05) is 24.6 Å². The highest BCUT2D eigenvalue weighted by Crippen LogP contribution is 2.27. The van der Waals surface area contributed by atoms with E-state index in [1.807, 2.05) is 0 Å². The Bertz CT molecular complexity index is 386. The van der Waals surface area contributed by atoms with E-state index in [0.29, 0.717) is 12.5 Å². The maximum Gasteiger partial charge on any atom is 0.0708 e. The molecule has 1 fully saturated rings. The third-order valence-electron chi connectivity index (χ3n) is 4.04. The van der Waals surface area contributed by atoms with Gasteiger partial charge >= 0.3 is 0 Å². The molecule has 0 atom stereocenters. The van der Waals surface area contributed by atoms with Crippen LogP contribution in [-0.4, -0.2) is 19.7 Å². The van der Waals surface area contributed by atoms with Crippen molar-refractivity contribution in [2.45, 2.75) is 39.0 Å². The lowest BCUT2D eigenvalue weighted by atomic mass is 9.87. The maximum absolute atomic E-state index is 5.15. The predicted molar refractivity (Wildman–Crippen MR) is 80.2 cm³/mol. The summed E-state index contributed by atoms with van der Waals surface area (Å²) in [7, 11) is 0. The van der Waals surface area contributed by atoms with Gasteiger partial charge in [-0.05, 0) is 41.9 Å². The zero-order chi connectivity index (χ0) is 13.9. The summed E-state index contributed by atoms with van der Waals surface area (Å²) in [4.78, 5) is 7.21. The molecule has 0 aromatic heterocycles. The predicted octanol–water partition coefficient (Wildman–Crippen LogP) is 3.09. The number of hydrogen-bond donors (Lipinski definition) is 1. The molecule has 0 amide bonds. The molecule has 0 radical (unpaired) electrons. The van der Waals surface area contributed by atoms with Gasteiger partial charge in [0.15, 0.2) is 0 Å². The van der Waals surface area contributed by atoms with E-state index < -0.39 is 0 Å². The van der Waals surface area contributed by atoms with Crippen LogP contribution < -0.4 is 10.8 Å². The summed E-state index contributed by atoms with van der Waals surface area (Å²) in [6, 6.07) is 9.01. The topological polar surface area (TPSA) is 38.5 Å². The molecule has 0 unspecified atom stereocenters. The number of piperidine rings is 1. The standard InChI is InChI=1S/C16H26N2O/c1-16(2,3)14-4-6-15(7-5-14)18-10-8-13(9-11-18)12-19-17/h4-7,13H,8-12,17H2,1-3H3. The Balaban J connectivity index is 1.97. The second kappa shape index (κ2) is 5.93. The van der Waals surface area contributed by atoms with Crippen LogP contribution in [0.3, 0.4) is 0 Å². The van der Waals surface area contributed by atoms with E-state index in [4.69, 9.17) is 10.7 Å². The molecule has 1 aromatic carbocycles. The molecule has 106 valence electrons. The summed E-state index contributed by atoms with van der Waals surface area (Å²) in [6.45, 7) is 9.64. The number of rotatable bonds is 3. The summed E-state index contributed by atoms with van der Waals surface area (Å²) >= 11 is 0. The minimum absolute atomic E-state index is 0.226. The third kappa shape index (κ3) is 3.71. The third-order valence-corrected chi connectivity index (χ3v) is 4.04. The Labute approximate surface area is 116 Å². The zero-order valence-electron chi connectivity index (χ0n) is 12.4. The van der Waals surface area contributed by atoms with Crippen LogP contribution in [0.15, 0.2) is 24.3 Å². The molecule has 19 heavy (non-hydrogen) atoms. The molecule has 2 rings (SSSR count). The van der Waals surface area contributed by atoms with Crippen molar-refractivity contribution in [3.8, 4) is 0 Å². The van der Waals surface area contributed by atoms with Gasteiger partial charge in [0.1, 0.15) is 0 Å². The summed E-state index contributed by atoms with van der Waals surface area (Å²) in [5, 5.41) is 0. The quantitative estimate of drug-likeness (QED) is 0.851.